The van der Waals surface area contributed by atoms with E-state index in [1.165, 1.54) is 0 Å². The average Bonchev–Trinajstić information content (AvgIpc) is 2.52. The van der Waals surface area contributed by atoms with Gasteiger partial charge in [0.1, 0.15) is 0 Å². The first-order valence-corrected chi connectivity index (χ1v) is 7.35. The van der Waals surface area contributed by atoms with Crippen molar-refractivity contribution in [3.63, 3.8) is 0 Å². The van der Waals surface area contributed by atoms with Crippen molar-refractivity contribution in [3.8, 4) is 0 Å². The van der Waals surface area contributed by atoms with Crippen molar-refractivity contribution in [2.45, 2.75) is 25.9 Å². The fourth-order valence-electron chi connectivity index (χ4n) is 2.52. The minimum atomic E-state index is -0.312. The van der Waals surface area contributed by atoms with Gasteiger partial charge in [-0.15, -0.1) is 0 Å². The number of hydrogen-bond donors (Lipinski definition) is 1. The summed E-state index contributed by atoms with van der Waals surface area (Å²) in [4.78, 5) is 25.0. The molecule has 1 atom stereocenters. The van der Waals surface area contributed by atoms with Crippen molar-refractivity contribution in [3.05, 3.63) is 35.9 Å². The second-order valence-corrected chi connectivity index (χ2v) is 5.37. The van der Waals surface area contributed by atoms with E-state index in [1.54, 1.807) is 4.90 Å². The molecule has 1 saturated heterocycles. The second kappa shape index (κ2) is 7.78. The molecule has 5 heteroatoms. The van der Waals surface area contributed by atoms with Crippen LogP contribution in [0, 0.1) is 5.92 Å². The molecule has 1 aromatic rings. The molecule has 1 fully saturated rings. The number of hydrogen-bond acceptors (Lipinski definition) is 3. The maximum atomic E-state index is 12.1. The topological polar surface area (TPSA) is 72.6 Å². The standard InChI is InChI=1S/C16H22N2O3/c17-16(20)14-7-4-9-18(11-14)15(19)8-10-21-12-13-5-2-1-3-6-13/h1-3,5-6,14H,4,7-12H2,(H2,17,20)/t14-/m1/s1. The Balaban J connectivity index is 1.68. The van der Waals surface area contributed by atoms with E-state index in [2.05, 4.69) is 0 Å². The van der Waals surface area contributed by atoms with E-state index in [9.17, 15) is 9.59 Å². The van der Waals surface area contributed by atoms with Crippen LogP contribution in [0.5, 0.6) is 0 Å². The largest absolute Gasteiger partial charge is 0.376 e. The first kappa shape index (κ1) is 15.5. The van der Waals surface area contributed by atoms with Gasteiger partial charge in [0, 0.05) is 13.1 Å². The SMILES string of the molecule is NC(=O)[C@@H]1CCCN(C(=O)CCOCc2ccccc2)C1. The number of ether oxygens (including phenoxy) is 1. The number of amides is 2. The van der Waals surface area contributed by atoms with Crippen molar-refractivity contribution in [2.24, 2.45) is 11.7 Å². The van der Waals surface area contributed by atoms with Gasteiger partial charge in [0.15, 0.2) is 0 Å². The van der Waals surface area contributed by atoms with Crippen LogP contribution < -0.4 is 5.73 Å². The Bertz CT molecular complexity index is 476. The zero-order chi connectivity index (χ0) is 15.1. The van der Waals surface area contributed by atoms with E-state index in [-0.39, 0.29) is 17.7 Å². The Kier molecular flexibility index (Phi) is 5.75. The Morgan fingerprint density at radius 2 is 2.05 bits per heavy atom. The molecule has 5 nitrogen and oxygen atoms in total. The van der Waals surface area contributed by atoms with Crippen molar-refractivity contribution in [2.75, 3.05) is 19.7 Å². The molecule has 114 valence electrons. The first-order chi connectivity index (χ1) is 10.2. The molecule has 0 spiro atoms. The molecule has 1 aromatic carbocycles. The van der Waals surface area contributed by atoms with E-state index < -0.39 is 0 Å². The van der Waals surface area contributed by atoms with Crippen LogP contribution >= 0.6 is 0 Å². The molecule has 2 amide bonds. The zero-order valence-electron chi connectivity index (χ0n) is 12.2. The van der Waals surface area contributed by atoms with E-state index in [0.29, 0.717) is 32.7 Å². The van der Waals surface area contributed by atoms with Crippen LogP contribution in [0.3, 0.4) is 0 Å². The fraction of sp³-hybridized carbons (Fsp3) is 0.500. The number of benzene rings is 1. The van der Waals surface area contributed by atoms with Crippen molar-refractivity contribution in [1.82, 2.24) is 4.90 Å². The van der Waals surface area contributed by atoms with Gasteiger partial charge in [-0.3, -0.25) is 9.59 Å². The lowest BCUT2D eigenvalue weighted by atomic mass is 9.97. The van der Waals surface area contributed by atoms with Gasteiger partial charge in [-0.25, -0.2) is 0 Å². The van der Waals surface area contributed by atoms with Crippen LogP contribution in [0.2, 0.25) is 0 Å². The summed E-state index contributed by atoms with van der Waals surface area (Å²) in [5, 5.41) is 0. The van der Waals surface area contributed by atoms with Gasteiger partial charge in [-0.2, -0.15) is 0 Å². The quantitative estimate of drug-likeness (QED) is 0.803. The minimum Gasteiger partial charge on any atom is -0.376 e. The molecule has 2 rings (SSSR count). The number of carbonyl (C=O) groups is 2. The van der Waals surface area contributed by atoms with Crippen molar-refractivity contribution in [1.29, 1.82) is 0 Å². The number of rotatable bonds is 6. The number of likely N-dealkylation sites (tertiary alicyclic amines) is 1. The molecule has 2 N–H and O–H groups in total. The summed E-state index contributed by atoms with van der Waals surface area (Å²) >= 11 is 0. The van der Waals surface area contributed by atoms with Crippen LogP contribution in [0.15, 0.2) is 30.3 Å². The van der Waals surface area contributed by atoms with Gasteiger partial charge >= 0.3 is 0 Å². The zero-order valence-corrected chi connectivity index (χ0v) is 12.2. The summed E-state index contributed by atoms with van der Waals surface area (Å²) in [5.74, 6) is -0.477. The maximum Gasteiger partial charge on any atom is 0.224 e. The predicted molar refractivity (Wildman–Crippen MR) is 79.2 cm³/mol. The van der Waals surface area contributed by atoms with Crippen molar-refractivity contribution < 1.29 is 14.3 Å². The molecule has 1 aliphatic heterocycles. The highest BCUT2D eigenvalue weighted by atomic mass is 16.5. The van der Waals surface area contributed by atoms with Crippen LogP contribution in [0.4, 0.5) is 0 Å². The molecule has 0 radical (unpaired) electrons. The van der Waals surface area contributed by atoms with Gasteiger partial charge < -0.3 is 15.4 Å². The normalized spacial score (nSPS) is 18.5. The maximum absolute atomic E-state index is 12.1. The number of piperidine rings is 1. The summed E-state index contributed by atoms with van der Waals surface area (Å²) in [6.45, 7) is 2.07. The lowest BCUT2D eigenvalue weighted by molar-refractivity contribution is -0.136. The Labute approximate surface area is 125 Å². The molecule has 1 heterocycles. The summed E-state index contributed by atoms with van der Waals surface area (Å²) in [7, 11) is 0. The summed E-state index contributed by atoms with van der Waals surface area (Å²) < 4.78 is 5.52. The number of carbonyl (C=O) groups excluding carboxylic acids is 2. The molecule has 0 bridgehead atoms. The highest BCUT2D eigenvalue weighted by Crippen LogP contribution is 2.16. The van der Waals surface area contributed by atoms with Gasteiger partial charge in [0.05, 0.1) is 25.6 Å². The molecule has 0 saturated carbocycles. The third-order valence-corrected chi connectivity index (χ3v) is 3.75. The third kappa shape index (κ3) is 4.86. The third-order valence-electron chi connectivity index (χ3n) is 3.75. The second-order valence-electron chi connectivity index (χ2n) is 5.37. The summed E-state index contributed by atoms with van der Waals surface area (Å²) in [6.07, 6.45) is 1.96. The lowest BCUT2D eigenvalue weighted by Gasteiger charge is -2.31. The number of nitrogens with zero attached hydrogens (tertiary/aromatic N) is 1. The molecular formula is C16H22N2O3. The molecule has 0 aliphatic carbocycles. The molecule has 0 unspecified atom stereocenters. The molecular weight excluding hydrogens is 268 g/mol. The summed E-state index contributed by atoms with van der Waals surface area (Å²) in [5.41, 5.74) is 6.41. The molecule has 21 heavy (non-hydrogen) atoms. The number of nitrogens with two attached hydrogens (primary N) is 1. The first-order valence-electron chi connectivity index (χ1n) is 7.35. The van der Waals surface area contributed by atoms with Gasteiger partial charge in [-0.1, -0.05) is 30.3 Å². The summed E-state index contributed by atoms with van der Waals surface area (Å²) in [6, 6.07) is 9.86. The Morgan fingerprint density at radius 3 is 2.76 bits per heavy atom. The van der Waals surface area contributed by atoms with E-state index in [1.807, 2.05) is 30.3 Å². The van der Waals surface area contributed by atoms with Crippen LogP contribution in [0.25, 0.3) is 0 Å². The lowest BCUT2D eigenvalue weighted by Crippen LogP contribution is -2.44. The van der Waals surface area contributed by atoms with Gasteiger partial charge in [0.2, 0.25) is 11.8 Å². The Morgan fingerprint density at radius 1 is 1.29 bits per heavy atom. The highest BCUT2D eigenvalue weighted by molar-refractivity contribution is 5.80. The Hall–Kier alpha value is -1.88. The average molecular weight is 290 g/mol. The van der Waals surface area contributed by atoms with Crippen LogP contribution in [-0.4, -0.2) is 36.4 Å². The van der Waals surface area contributed by atoms with Crippen LogP contribution in [-0.2, 0) is 20.9 Å². The minimum absolute atomic E-state index is 0.0361. The highest BCUT2D eigenvalue weighted by Gasteiger charge is 2.26. The van der Waals surface area contributed by atoms with Gasteiger partial charge in [-0.05, 0) is 18.4 Å². The molecule has 0 aromatic heterocycles. The van der Waals surface area contributed by atoms with E-state index >= 15 is 0 Å². The van der Waals surface area contributed by atoms with E-state index in [0.717, 1.165) is 18.4 Å². The van der Waals surface area contributed by atoms with E-state index in [4.69, 9.17) is 10.5 Å². The predicted octanol–water partition coefficient (Wildman–Crippen LogP) is 1.32. The smallest absolute Gasteiger partial charge is 0.224 e. The number of primary amides is 1. The van der Waals surface area contributed by atoms with Crippen molar-refractivity contribution >= 4 is 11.8 Å². The molecule has 1 aliphatic rings. The monoisotopic (exact) mass is 290 g/mol. The van der Waals surface area contributed by atoms with Crippen LogP contribution in [0.1, 0.15) is 24.8 Å². The fourth-order valence-corrected chi connectivity index (χ4v) is 2.52. The van der Waals surface area contributed by atoms with Gasteiger partial charge in [0.25, 0.3) is 0 Å².